The van der Waals surface area contributed by atoms with Gasteiger partial charge in [-0.05, 0) is 113 Å². The lowest BCUT2D eigenvalue weighted by Gasteiger charge is -2.34. The summed E-state index contributed by atoms with van der Waals surface area (Å²) >= 11 is 0. The van der Waals surface area contributed by atoms with E-state index in [1.54, 1.807) is 51.5 Å². The Labute approximate surface area is 611 Å². The average molecular weight is 1410 g/mol. The Morgan fingerprint density at radius 2 is 0.764 bits per heavy atom. The molecule has 526 valence electrons. The van der Waals surface area contributed by atoms with Crippen molar-refractivity contribution in [1.29, 1.82) is 15.8 Å². The van der Waals surface area contributed by atoms with Gasteiger partial charge in [0.15, 0.2) is 0 Å². The van der Waals surface area contributed by atoms with E-state index < -0.39 is 0 Å². The lowest BCUT2D eigenvalue weighted by molar-refractivity contribution is -0.126. The first-order chi connectivity index (χ1) is 51.4. The second-order valence-corrected chi connectivity index (χ2v) is 26.7. The van der Waals surface area contributed by atoms with Gasteiger partial charge in [-0.2, -0.15) is 46.4 Å². The standard InChI is InChI=1S/C27H24N8O.C27H26N8O.C25H22N8O/c1-3-25(36)34-10-8-33(9-11-34)24-7-6-19(14-29-24)22-12-20(16-35-27(22)21(13-28)15-30-35)23-17-32(2)31-26(23)18-4-5-18;1-5-26(36)33-10-8-32(9-11-33)25-7-6-20(14-29-25)23-12-21(16-35-27(23)22(13-28)15-30-35)24-17-34(18(2)3)31-19(24)4;1-4-24(34)32-9-7-31(8-10-32)23-6-5-18(13-27-23)21-11-19(22-16-30(3)29-17(22)2)15-33-25(21)20(12-26)14-28-33/h1,6-7,12,14-18H,4-5,8-11H2,2H3;1,6-7,12,14-18H,8-11H2,2-4H3;1,5-6,11,13-16H,7-10H2,2-3H3. The van der Waals surface area contributed by atoms with Crippen LogP contribution >= 0.6 is 0 Å². The summed E-state index contributed by atoms with van der Waals surface area (Å²) in [7, 11) is 3.84. The Hall–Kier alpha value is -13.9. The molecule has 0 aromatic carbocycles. The molecule has 0 radical (unpaired) electrons. The molecule has 12 aromatic rings. The van der Waals surface area contributed by atoms with E-state index in [2.05, 4.69) is 114 Å². The Balaban J connectivity index is 0.000000134. The number of anilines is 3. The summed E-state index contributed by atoms with van der Waals surface area (Å²) in [5.41, 5.74) is 18.1. The van der Waals surface area contributed by atoms with Crippen LogP contribution in [0.4, 0.5) is 17.5 Å². The van der Waals surface area contributed by atoms with Crippen molar-refractivity contribution in [2.75, 3.05) is 93.2 Å². The van der Waals surface area contributed by atoms with E-state index in [1.807, 2.05) is 123 Å². The summed E-state index contributed by atoms with van der Waals surface area (Å²) in [5, 5.41) is 56.2. The number of piperazine rings is 3. The highest BCUT2D eigenvalue weighted by Gasteiger charge is 2.31. The third-order valence-electron chi connectivity index (χ3n) is 19.6. The molecule has 27 heteroatoms. The second kappa shape index (κ2) is 29.2. The highest BCUT2D eigenvalue weighted by Crippen LogP contribution is 2.45. The molecule has 1 saturated carbocycles. The van der Waals surface area contributed by atoms with Crippen LogP contribution in [0.2, 0.25) is 0 Å². The van der Waals surface area contributed by atoms with Crippen molar-refractivity contribution in [2.45, 2.75) is 52.5 Å². The van der Waals surface area contributed by atoms with Crippen molar-refractivity contribution in [1.82, 2.24) is 87.8 Å². The van der Waals surface area contributed by atoms with Crippen LogP contribution in [0.1, 0.15) is 72.4 Å². The van der Waals surface area contributed by atoms with Crippen molar-refractivity contribution in [2.24, 2.45) is 14.1 Å². The van der Waals surface area contributed by atoms with Crippen LogP contribution in [0.5, 0.6) is 0 Å². The average Bonchev–Trinajstić information content (AvgIpc) is 1.61. The fraction of sp³-hybridized carbons (Fsp3) is 0.278. The number of rotatable bonds is 11. The molecule has 3 saturated heterocycles. The molecule has 16 rings (SSSR count). The van der Waals surface area contributed by atoms with Crippen LogP contribution in [-0.4, -0.2) is 184 Å². The molecule has 1 aliphatic carbocycles. The summed E-state index contributed by atoms with van der Waals surface area (Å²) in [6.45, 7) is 15.6. The maximum absolute atomic E-state index is 11.8. The Bertz CT molecular complexity index is 5660. The van der Waals surface area contributed by atoms with Crippen LogP contribution < -0.4 is 14.7 Å². The lowest BCUT2D eigenvalue weighted by Crippen LogP contribution is -2.48. The molecule has 3 aliphatic heterocycles. The summed E-state index contributed by atoms with van der Waals surface area (Å²) in [6.07, 6.45) is 40.2. The number of nitriles is 3. The van der Waals surface area contributed by atoms with Gasteiger partial charge in [0.25, 0.3) is 17.7 Å². The van der Waals surface area contributed by atoms with E-state index in [0.717, 1.165) is 131 Å². The number of aromatic nitrogens is 15. The Morgan fingerprint density at radius 3 is 1.07 bits per heavy atom. The highest BCUT2D eigenvalue weighted by molar-refractivity contribution is 5.95. The predicted molar refractivity (Wildman–Crippen MR) is 400 cm³/mol. The predicted octanol–water partition coefficient (Wildman–Crippen LogP) is 8.39. The number of nitrogens with zero attached hydrogens (tertiary/aromatic N) is 24. The normalized spacial score (nSPS) is 14.3. The van der Waals surface area contributed by atoms with E-state index in [1.165, 1.54) is 0 Å². The summed E-state index contributed by atoms with van der Waals surface area (Å²) in [4.78, 5) is 60.8. The number of hydrogen-bond donors (Lipinski definition) is 0. The molecule has 0 spiro atoms. The first-order valence-electron chi connectivity index (χ1n) is 34.7. The Morgan fingerprint density at radius 1 is 0.425 bits per heavy atom. The quantitative estimate of drug-likeness (QED) is 0.110. The summed E-state index contributed by atoms with van der Waals surface area (Å²) in [6, 6.07) is 25.2. The van der Waals surface area contributed by atoms with Crippen LogP contribution in [0.3, 0.4) is 0 Å². The van der Waals surface area contributed by atoms with Gasteiger partial charge in [0.2, 0.25) is 0 Å². The molecule has 4 fully saturated rings. The number of pyridine rings is 6. The maximum Gasteiger partial charge on any atom is 0.298 e. The van der Waals surface area contributed by atoms with Crippen molar-refractivity contribution in [3.63, 3.8) is 0 Å². The van der Waals surface area contributed by atoms with Gasteiger partial charge < -0.3 is 29.4 Å². The third kappa shape index (κ3) is 13.8. The number of carbonyl (C=O) groups excluding carboxylic acids is 3. The molecule has 0 bridgehead atoms. The molecule has 12 aromatic heterocycles. The van der Waals surface area contributed by atoms with Gasteiger partial charge in [0.05, 0.1) is 68.9 Å². The van der Waals surface area contributed by atoms with E-state index in [4.69, 9.17) is 39.3 Å². The van der Waals surface area contributed by atoms with Crippen LogP contribution in [0, 0.1) is 84.9 Å². The zero-order chi connectivity index (χ0) is 74.0. The van der Waals surface area contributed by atoms with Crippen LogP contribution in [0.25, 0.3) is 83.3 Å². The molecule has 106 heavy (non-hydrogen) atoms. The molecule has 0 unspecified atom stereocenters. The molecule has 3 amide bonds. The number of amides is 3. The molecule has 0 N–H and O–H groups in total. The van der Waals surface area contributed by atoms with E-state index >= 15 is 0 Å². The molecule has 4 aliphatic rings. The van der Waals surface area contributed by atoms with Gasteiger partial charge in [-0.15, -0.1) is 19.3 Å². The lowest BCUT2D eigenvalue weighted by atomic mass is 9.99. The molecular weight excluding hydrogens is 1330 g/mol. The van der Waals surface area contributed by atoms with Crippen LogP contribution in [0.15, 0.2) is 129 Å². The zero-order valence-electron chi connectivity index (χ0n) is 59.4. The maximum atomic E-state index is 11.8. The van der Waals surface area contributed by atoms with E-state index in [0.29, 0.717) is 101 Å². The van der Waals surface area contributed by atoms with Gasteiger partial charge in [-0.1, -0.05) is 0 Å². The SMILES string of the molecule is C#CC(=O)N1CCN(c2ccc(-c3cc(-c4cn(C(C)C)nc4C)cn4ncc(C#N)c34)cn2)CC1.C#CC(=O)N1CCN(c2ccc(-c3cc(-c4cn(C)nc4C)cn4ncc(C#N)c34)cn2)CC1.C#CC(=O)N1CCN(c2ccc(-c3cc(-c4cn(C)nc4C4CC4)cn4ncc(C#N)c34)cn2)CC1. The van der Waals surface area contributed by atoms with Crippen molar-refractivity contribution < 1.29 is 14.4 Å². The van der Waals surface area contributed by atoms with Gasteiger partial charge in [0, 0.05) is 227 Å². The fourth-order valence-corrected chi connectivity index (χ4v) is 13.9. The number of hydrogen-bond acceptors (Lipinski definition) is 18. The molecule has 0 atom stereocenters. The molecule has 15 heterocycles. The topological polar surface area (TPSA) is 286 Å². The minimum atomic E-state index is -0.273. The summed E-state index contributed by atoms with van der Waals surface area (Å²) < 4.78 is 10.9. The van der Waals surface area contributed by atoms with E-state index in [-0.39, 0.29) is 23.8 Å². The zero-order valence-corrected chi connectivity index (χ0v) is 59.4. The smallest absolute Gasteiger partial charge is 0.298 e. The Kier molecular flexibility index (Phi) is 19.1. The minimum absolute atomic E-state index is 0.249. The fourth-order valence-electron chi connectivity index (χ4n) is 13.9. The first kappa shape index (κ1) is 69.2. The van der Waals surface area contributed by atoms with Gasteiger partial charge in [0.1, 0.15) is 35.7 Å². The van der Waals surface area contributed by atoms with Crippen molar-refractivity contribution in [3.05, 3.63) is 163 Å². The second-order valence-electron chi connectivity index (χ2n) is 26.7. The minimum Gasteiger partial charge on any atom is -0.353 e. The van der Waals surface area contributed by atoms with Crippen molar-refractivity contribution >= 4 is 51.7 Å². The van der Waals surface area contributed by atoms with Gasteiger partial charge in [-0.25, -0.2) is 28.5 Å². The highest BCUT2D eigenvalue weighted by atomic mass is 16.2. The van der Waals surface area contributed by atoms with Gasteiger partial charge >= 0.3 is 0 Å². The number of fused-ring (bicyclic) bond motifs is 3. The van der Waals surface area contributed by atoms with E-state index in [9.17, 15) is 30.2 Å². The summed E-state index contributed by atoms with van der Waals surface area (Å²) in [5.74, 6) is 8.74. The largest absolute Gasteiger partial charge is 0.353 e. The number of terminal acetylenes is 3. The number of aryl methyl sites for hydroxylation is 4. The van der Waals surface area contributed by atoms with Gasteiger partial charge in [-0.3, -0.25) is 28.4 Å². The van der Waals surface area contributed by atoms with Crippen molar-refractivity contribution in [3.8, 4) is 122 Å². The third-order valence-corrected chi connectivity index (χ3v) is 19.6. The first-order valence-corrected chi connectivity index (χ1v) is 34.7. The number of carbonyl (C=O) groups is 3. The molecular formula is C79H72N24O3. The molecule has 27 nitrogen and oxygen atoms in total. The van der Waals surface area contributed by atoms with Crippen LogP contribution in [-0.2, 0) is 28.5 Å². The monoisotopic (exact) mass is 1400 g/mol.